The highest BCUT2D eigenvalue weighted by Gasteiger charge is 2.24. The second-order valence-electron chi connectivity index (χ2n) is 4.48. The maximum Gasteiger partial charge on any atom is 0.329 e. The maximum absolute atomic E-state index is 11.9. The van der Waals surface area contributed by atoms with Crippen LogP contribution in [0.3, 0.4) is 0 Å². The molecule has 3 heterocycles. The zero-order chi connectivity index (χ0) is 13.9. The van der Waals surface area contributed by atoms with E-state index in [4.69, 9.17) is 0 Å². The third kappa shape index (κ3) is 2.13. The molecule has 2 aromatic heterocycles. The molecule has 2 aromatic rings. The molecule has 0 unspecified atom stereocenters. The van der Waals surface area contributed by atoms with E-state index in [0.717, 1.165) is 17.8 Å². The number of aromatic amines is 1. The Morgan fingerprint density at radius 1 is 1.50 bits per heavy atom. The van der Waals surface area contributed by atoms with Crippen molar-refractivity contribution < 1.29 is 14.2 Å². The van der Waals surface area contributed by atoms with E-state index < -0.39 is 0 Å². The van der Waals surface area contributed by atoms with Crippen molar-refractivity contribution in [2.24, 2.45) is 0 Å². The van der Waals surface area contributed by atoms with Crippen LogP contribution in [0, 0.1) is 0 Å². The summed E-state index contributed by atoms with van der Waals surface area (Å²) in [6, 6.07) is 0. The van der Waals surface area contributed by atoms with Crippen LogP contribution in [0.2, 0.25) is 0 Å². The highest BCUT2D eigenvalue weighted by Crippen LogP contribution is 2.15. The molecule has 0 saturated heterocycles. The van der Waals surface area contributed by atoms with E-state index in [1.54, 1.807) is 12.3 Å². The minimum Gasteiger partial charge on any atom is -0.351 e. The second-order valence-corrected chi connectivity index (χ2v) is 4.48. The first-order valence-corrected chi connectivity index (χ1v) is 6.52. The number of hydrazine groups is 1. The van der Waals surface area contributed by atoms with Crippen molar-refractivity contribution in [3.05, 3.63) is 36.2 Å². The Bertz CT molecular complexity index is 696. The van der Waals surface area contributed by atoms with Gasteiger partial charge in [0, 0.05) is 12.6 Å². The van der Waals surface area contributed by atoms with Crippen LogP contribution in [0.25, 0.3) is 11.6 Å². The topological polar surface area (TPSA) is 84.3 Å². The number of fused-ring (bicyclic) bond motifs is 3. The molecule has 1 aliphatic rings. The van der Waals surface area contributed by atoms with E-state index in [1.807, 2.05) is 29.9 Å². The summed E-state index contributed by atoms with van der Waals surface area (Å²) in [5, 5.41) is 2.82. The van der Waals surface area contributed by atoms with Crippen LogP contribution >= 0.6 is 0 Å². The first-order chi connectivity index (χ1) is 9.79. The van der Waals surface area contributed by atoms with Gasteiger partial charge in [0.05, 0.1) is 6.20 Å². The minimum atomic E-state index is -0.140. The number of nitrogens with zero attached hydrogens (tertiary/aromatic N) is 2. The van der Waals surface area contributed by atoms with Crippen LogP contribution < -0.4 is 25.6 Å². The molecule has 0 radical (unpaired) electrons. The second kappa shape index (κ2) is 5.12. The predicted octanol–water partition coefficient (Wildman–Crippen LogP) is -0.568. The summed E-state index contributed by atoms with van der Waals surface area (Å²) in [5.41, 5.74) is 8.02. The number of rotatable bonds is 3. The van der Waals surface area contributed by atoms with Gasteiger partial charge in [0.1, 0.15) is 5.70 Å². The SMILES string of the molecule is CCCNC(=O)C1=Cc2ncc3c[nH+]cc[n+]3c2NN1. The normalized spacial score (nSPS) is 12.9. The van der Waals surface area contributed by atoms with Crippen LogP contribution in [0.4, 0.5) is 5.82 Å². The number of hydrogen-bond donors (Lipinski definition) is 3. The fourth-order valence-electron chi connectivity index (χ4n) is 2.02. The molecule has 0 spiro atoms. The van der Waals surface area contributed by atoms with Crippen molar-refractivity contribution in [1.82, 2.24) is 15.7 Å². The Morgan fingerprint density at radius 3 is 3.25 bits per heavy atom. The summed E-state index contributed by atoms with van der Waals surface area (Å²) in [6.45, 7) is 2.66. The van der Waals surface area contributed by atoms with Crippen molar-refractivity contribution in [2.45, 2.75) is 13.3 Å². The van der Waals surface area contributed by atoms with E-state index in [9.17, 15) is 4.79 Å². The van der Waals surface area contributed by atoms with Gasteiger partial charge in [-0.3, -0.25) is 4.79 Å². The van der Waals surface area contributed by atoms with Gasteiger partial charge in [-0.25, -0.2) is 15.4 Å². The van der Waals surface area contributed by atoms with Crippen molar-refractivity contribution in [3.8, 4) is 0 Å². The maximum atomic E-state index is 11.9. The van der Waals surface area contributed by atoms with Crippen LogP contribution in [0.15, 0.2) is 30.5 Å². The molecule has 0 fully saturated rings. The van der Waals surface area contributed by atoms with Gasteiger partial charge in [-0.15, -0.1) is 0 Å². The molecule has 0 aliphatic carbocycles. The fourth-order valence-corrected chi connectivity index (χ4v) is 2.02. The van der Waals surface area contributed by atoms with Crippen LogP contribution in [-0.2, 0) is 4.79 Å². The summed E-state index contributed by atoms with van der Waals surface area (Å²) in [7, 11) is 0. The molecule has 3 rings (SSSR count). The minimum absolute atomic E-state index is 0.140. The molecule has 0 atom stereocenters. The summed E-state index contributed by atoms with van der Waals surface area (Å²) in [5.74, 6) is 0.654. The molecular formula is C13H16N6O+2. The van der Waals surface area contributed by atoms with Gasteiger partial charge in [-0.05, 0) is 6.42 Å². The van der Waals surface area contributed by atoms with Gasteiger partial charge in [-0.1, -0.05) is 6.92 Å². The monoisotopic (exact) mass is 272 g/mol. The van der Waals surface area contributed by atoms with Gasteiger partial charge in [-0.2, -0.15) is 9.83 Å². The zero-order valence-electron chi connectivity index (χ0n) is 11.1. The van der Waals surface area contributed by atoms with E-state index in [2.05, 4.69) is 26.1 Å². The third-order valence-electron chi connectivity index (χ3n) is 3.03. The summed E-state index contributed by atoms with van der Waals surface area (Å²) in [6.07, 6.45) is 9.95. The third-order valence-corrected chi connectivity index (χ3v) is 3.03. The van der Waals surface area contributed by atoms with E-state index >= 15 is 0 Å². The Balaban J connectivity index is 1.97. The molecule has 0 aromatic carbocycles. The molecule has 1 amide bonds. The first kappa shape index (κ1) is 12.3. The molecular weight excluding hydrogens is 256 g/mol. The smallest absolute Gasteiger partial charge is 0.329 e. The standard InChI is InChI=1S/C13H14N6O/c1-2-3-15-13(20)11-6-10-12(18-17-11)19-5-4-14-7-9(19)8-16-10/h4-8H,2-3H2,1H3,(H2,14,15,16,17,20)/p+2. The molecule has 0 bridgehead atoms. The molecule has 102 valence electrons. The van der Waals surface area contributed by atoms with Crippen LogP contribution in [0.5, 0.6) is 0 Å². The molecule has 0 saturated carbocycles. The number of nitrogens with one attached hydrogen (secondary N) is 4. The average Bonchev–Trinajstić information content (AvgIpc) is 2.51. The molecule has 7 heteroatoms. The lowest BCUT2D eigenvalue weighted by atomic mass is 10.2. The van der Waals surface area contributed by atoms with E-state index in [-0.39, 0.29) is 5.91 Å². The molecule has 1 aliphatic heterocycles. The average molecular weight is 272 g/mol. The predicted molar refractivity (Wildman–Crippen MR) is 72.0 cm³/mol. The summed E-state index contributed by atoms with van der Waals surface area (Å²) in [4.78, 5) is 19.3. The quantitative estimate of drug-likeness (QED) is 0.653. The Hall–Kier alpha value is -2.70. The number of aromatic nitrogens is 3. The fraction of sp³-hybridized carbons (Fsp3) is 0.231. The van der Waals surface area contributed by atoms with Gasteiger partial charge < -0.3 is 5.32 Å². The lowest BCUT2D eigenvalue weighted by molar-refractivity contribution is -0.522. The number of amides is 1. The van der Waals surface area contributed by atoms with Gasteiger partial charge >= 0.3 is 5.82 Å². The Morgan fingerprint density at radius 2 is 2.40 bits per heavy atom. The lowest BCUT2D eigenvalue weighted by Gasteiger charge is -2.14. The van der Waals surface area contributed by atoms with Gasteiger partial charge in [0.15, 0.2) is 11.9 Å². The van der Waals surface area contributed by atoms with Crippen molar-refractivity contribution in [1.29, 1.82) is 0 Å². The van der Waals surface area contributed by atoms with Gasteiger partial charge in [0.2, 0.25) is 17.9 Å². The number of carbonyl (C=O) groups is 1. The summed E-state index contributed by atoms with van der Waals surface area (Å²) >= 11 is 0. The number of hydrogen-bond acceptors (Lipinski definition) is 4. The zero-order valence-corrected chi connectivity index (χ0v) is 11.1. The van der Waals surface area contributed by atoms with Crippen LogP contribution in [0.1, 0.15) is 19.0 Å². The first-order valence-electron chi connectivity index (χ1n) is 6.52. The number of carbonyl (C=O) groups excluding carboxylic acids is 1. The highest BCUT2D eigenvalue weighted by molar-refractivity contribution is 5.98. The molecule has 7 nitrogen and oxygen atoms in total. The van der Waals surface area contributed by atoms with E-state index in [0.29, 0.717) is 17.9 Å². The van der Waals surface area contributed by atoms with Crippen LogP contribution in [-0.4, -0.2) is 17.4 Å². The largest absolute Gasteiger partial charge is 0.351 e. The highest BCUT2D eigenvalue weighted by atomic mass is 16.2. The molecule has 4 N–H and O–H groups in total. The van der Waals surface area contributed by atoms with Gasteiger partial charge in [0.25, 0.3) is 5.91 Å². The summed E-state index contributed by atoms with van der Waals surface area (Å²) < 4.78 is 1.95. The lowest BCUT2D eigenvalue weighted by Crippen LogP contribution is -2.41. The van der Waals surface area contributed by atoms with Crippen molar-refractivity contribution >= 4 is 23.3 Å². The number of anilines is 1. The van der Waals surface area contributed by atoms with Crippen molar-refractivity contribution in [2.75, 3.05) is 12.0 Å². The van der Waals surface area contributed by atoms with Crippen molar-refractivity contribution in [3.63, 3.8) is 0 Å². The Labute approximate surface area is 115 Å². The molecule has 20 heavy (non-hydrogen) atoms. The number of H-pyrrole nitrogens is 1. The van der Waals surface area contributed by atoms with E-state index in [1.165, 1.54) is 0 Å². The Kier molecular flexibility index (Phi) is 3.16.